The Morgan fingerprint density at radius 1 is 1.23 bits per heavy atom. The van der Waals surface area contributed by atoms with Gasteiger partial charge in [0.2, 0.25) is 5.56 Å². The number of urea groups is 1. The van der Waals surface area contributed by atoms with E-state index in [0.717, 1.165) is 46.4 Å². The SMILES string of the molecule is Cc1nc2cc(-c3cc(F)c(NC(=O)N4[C@H]5CC[C@@H]4c4c[nH]c(=O)cc4C5)cc3Cl)ccc2n1C. The van der Waals surface area contributed by atoms with Gasteiger partial charge in [-0.05, 0) is 67.1 Å². The number of nitrogens with zero attached hydrogens (tertiary/aromatic N) is 3. The largest absolute Gasteiger partial charge is 0.331 e. The number of hydrogen-bond donors (Lipinski definition) is 2. The first-order chi connectivity index (χ1) is 16.8. The van der Waals surface area contributed by atoms with E-state index < -0.39 is 5.82 Å². The lowest BCUT2D eigenvalue weighted by Crippen LogP contribution is -2.44. The van der Waals surface area contributed by atoms with Gasteiger partial charge in [0.25, 0.3) is 0 Å². The van der Waals surface area contributed by atoms with E-state index in [1.54, 1.807) is 17.2 Å². The van der Waals surface area contributed by atoms with Crippen LogP contribution in [0.3, 0.4) is 0 Å². The second kappa shape index (κ2) is 7.95. The quantitative estimate of drug-likeness (QED) is 0.398. The van der Waals surface area contributed by atoms with Crippen LogP contribution < -0.4 is 10.9 Å². The molecule has 2 amide bonds. The molecule has 1 saturated heterocycles. The number of amides is 2. The summed E-state index contributed by atoms with van der Waals surface area (Å²) in [5.41, 5.74) is 4.87. The molecule has 4 heterocycles. The average molecular weight is 492 g/mol. The zero-order valence-corrected chi connectivity index (χ0v) is 20.0. The summed E-state index contributed by atoms with van der Waals surface area (Å²) in [4.78, 5) is 33.9. The lowest BCUT2D eigenvalue weighted by Gasteiger charge is -2.36. The van der Waals surface area contributed by atoms with E-state index >= 15 is 4.39 Å². The normalized spacial score (nSPS) is 18.7. The highest BCUT2D eigenvalue weighted by molar-refractivity contribution is 6.33. The number of pyridine rings is 1. The number of carbonyl (C=O) groups excluding carboxylic acids is 1. The van der Waals surface area contributed by atoms with E-state index in [1.807, 2.05) is 36.7 Å². The van der Waals surface area contributed by atoms with Gasteiger partial charge in [-0.25, -0.2) is 14.2 Å². The van der Waals surface area contributed by atoms with Crippen LogP contribution in [0.2, 0.25) is 5.02 Å². The number of aromatic nitrogens is 3. The van der Waals surface area contributed by atoms with Gasteiger partial charge in [0, 0.05) is 30.9 Å². The summed E-state index contributed by atoms with van der Waals surface area (Å²) in [6.07, 6.45) is 3.94. The van der Waals surface area contributed by atoms with Crippen molar-refractivity contribution in [3.05, 3.63) is 80.7 Å². The first-order valence-electron chi connectivity index (χ1n) is 11.5. The molecule has 4 aromatic rings. The monoisotopic (exact) mass is 491 g/mol. The number of anilines is 1. The van der Waals surface area contributed by atoms with Crippen LogP contribution >= 0.6 is 11.6 Å². The Hall–Kier alpha value is -3.65. The van der Waals surface area contributed by atoms with Crippen LogP contribution in [0.15, 0.2) is 47.4 Å². The van der Waals surface area contributed by atoms with Gasteiger partial charge in [-0.3, -0.25) is 4.79 Å². The molecule has 35 heavy (non-hydrogen) atoms. The Morgan fingerprint density at radius 2 is 2.06 bits per heavy atom. The number of imidazole rings is 1. The molecule has 0 aliphatic carbocycles. The van der Waals surface area contributed by atoms with Gasteiger partial charge in [-0.2, -0.15) is 0 Å². The van der Waals surface area contributed by atoms with Crippen molar-refractivity contribution in [1.82, 2.24) is 19.4 Å². The highest BCUT2D eigenvalue weighted by atomic mass is 35.5. The highest BCUT2D eigenvalue weighted by Gasteiger charge is 2.43. The number of rotatable bonds is 2. The summed E-state index contributed by atoms with van der Waals surface area (Å²) in [7, 11) is 1.95. The van der Waals surface area contributed by atoms with Crippen LogP contribution in [-0.4, -0.2) is 31.5 Å². The van der Waals surface area contributed by atoms with E-state index in [1.165, 1.54) is 12.1 Å². The number of hydrogen-bond acceptors (Lipinski definition) is 3. The number of benzene rings is 2. The Balaban J connectivity index is 1.28. The molecular weight excluding hydrogens is 469 g/mol. The van der Waals surface area contributed by atoms with E-state index in [9.17, 15) is 9.59 Å². The summed E-state index contributed by atoms with van der Waals surface area (Å²) in [5.74, 6) is 0.317. The second-order valence-electron chi connectivity index (χ2n) is 9.30. The molecule has 2 bridgehead atoms. The summed E-state index contributed by atoms with van der Waals surface area (Å²) < 4.78 is 17.2. The van der Waals surface area contributed by atoms with E-state index in [-0.39, 0.29) is 29.4 Å². The second-order valence-corrected chi connectivity index (χ2v) is 9.71. The van der Waals surface area contributed by atoms with Crippen molar-refractivity contribution in [2.24, 2.45) is 7.05 Å². The minimum atomic E-state index is -0.566. The van der Waals surface area contributed by atoms with Gasteiger partial charge >= 0.3 is 6.03 Å². The molecule has 6 rings (SSSR count). The molecule has 9 heteroatoms. The first-order valence-corrected chi connectivity index (χ1v) is 11.9. The van der Waals surface area contributed by atoms with Gasteiger partial charge in [-0.15, -0.1) is 0 Å². The standard InChI is InChI=1S/C26H23ClFN5O2/c1-13-30-22-8-14(3-5-24(22)32(13)2)17-10-20(28)21(11-19(17)27)31-26(35)33-16-4-6-23(33)18-12-29-25(34)9-15(18)7-16/h3,5,8-12,16,23H,4,6-7H2,1-2H3,(H,29,34)(H,31,35)/t16-,23+/m0/s1. The van der Waals surface area contributed by atoms with Gasteiger partial charge in [0.1, 0.15) is 11.6 Å². The number of aromatic amines is 1. The molecule has 0 saturated carbocycles. The van der Waals surface area contributed by atoms with Crippen LogP contribution in [0.5, 0.6) is 0 Å². The molecule has 2 N–H and O–H groups in total. The molecule has 2 aromatic heterocycles. The van der Waals surface area contributed by atoms with Crippen molar-refractivity contribution >= 4 is 34.4 Å². The number of halogens is 2. The maximum Gasteiger partial charge on any atom is 0.322 e. The Kier molecular flexibility index (Phi) is 4.96. The smallest absolute Gasteiger partial charge is 0.322 e. The molecule has 2 aromatic carbocycles. The molecule has 2 aliphatic heterocycles. The number of fused-ring (bicyclic) bond motifs is 5. The summed E-state index contributed by atoms with van der Waals surface area (Å²) in [5, 5.41) is 3.05. The number of H-pyrrole nitrogens is 1. The Labute approximate surface area is 205 Å². The predicted molar refractivity (Wildman–Crippen MR) is 133 cm³/mol. The van der Waals surface area contributed by atoms with Crippen LogP contribution in [-0.2, 0) is 13.5 Å². The van der Waals surface area contributed by atoms with Crippen molar-refractivity contribution in [3.8, 4) is 11.1 Å². The molecular formula is C26H23ClFN5O2. The van der Waals surface area contributed by atoms with Gasteiger partial charge < -0.3 is 19.8 Å². The third-order valence-corrected chi connectivity index (χ3v) is 7.62. The van der Waals surface area contributed by atoms with E-state index in [0.29, 0.717) is 17.0 Å². The maximum atomic E-state index is 15.2. The minimum absolute atomic E-state index is 0.0272. The first kappa shape index (κ1) is 21.9. The Bertz CT molecular complexity index is 1580. The van der Waals surface area contributed by atoms with Crippen molar-refractivity contribution in [1.29, 1.82) is 0 Å². The average Bonchev–Trinajstić information content (AvgIpc) is 3.30. The van der Waals surface area contributed by atoms with Crippen LogP contribution in [0.1, 0.15) is 35.8 Å². The third kappa shape index (κ3) is 3.51. The zero-order chi connectivity index (χ0) is 24.4. The van der Waals surface area contributed by atoms with Crippen LogP contribution in [0.25, 0.3) is 22.2 Å². The summed E-state index contributed by atoms with van der Waals surface area (Å²) >= 11 is 6.55. The zero-order valence-electron chi connectivity index (χ0n) is 19.2. The predicted octanol–water partition coefficient (Wildman–Crippen LogP) is 5.32. The van der Waals surface area contributed by atoms with Crippen molar-refractivity contribution in [2.75, 3.05) is 5.32 Å². The van der Waals surface area contributed by atoms with E-state index in [2.05, 4.69) is 15.3 Å². The molecule has 2 aliphatic rings. The lowest BCUT2D eigenvalue weighted by molar-refractivity contribution is 0.179. The maximum absolute atomic E-state index is 15.2. The lowest BCUT2D eigenvalue weighted by atomic mass is 9.95. The van der Waals surface area contributed by atoms with Crippen molar-refractivity contribution in [2.45, 2.75) is 38.3 Å². The molecule has 2 atom stereocenters. The number of aryl methyl sites for hydroxylation is 2. The Morgan fingerprint density at radius 3 is 2.89 bits per heavy atom. The fraction of sp³-hybridized carbons (Fsp3) is 0.269. The highest BCUT2D eigenvalue weighted by Crippen LogP contribution is 2.43. The fourth-order valence-electron chi connectivity index (χ4n) is 5.49. The third-order valence-electron chi connectivity index (χ3n) is 7.31. The van der Waals surface area contributed by atoms with Gasteiger partial charge in [0.05, 0.1) is 27.8 Å². The number of carbonyl (C=O) groups is 1. The van der Waals surface area contributed by atoms with Crippen molar-refractivity contribution in [3.63, 3.8) is 0 Å². The number of nitrogens with one attached hydrogen (secondary N) is 2. The molecule has 0 radical (unpaired) electrons. The molecule has 178 valence electrons. The molecule has 0 spiro atoms. The fourth-order valence-corrected chi connectivity index (χ4v) is 5.77. The summed E-state index contributed by atoms with van der Waals surface area (Å²) in [6, 6.07) is 9.57. The van der Waals surface area contributed by atoms with E-state index in [4.69, 9.17) is 11.6 Å². The van der Waals surface area contributed by atoms with Gasteiger partial charge in [-0.1, -0.05) is 17.7 Å². The minimum Gasteiger partial charge on any atom is -0.331 e. The molecule has 7 nitrogen and oxygen atoms in total. The topological polar surface area (TPSA) is 83.0 Å². The molecule has 1 fully saturated rings. The van der Waals surface area contributed by atoms with Crippen LogP contribution in [0.4, 0.5) is 14.9 Å². The summed E-state index contributed by atoms with van der Waals surface area (Å²) in [6.45, 7) is 1.93. The molecule has 0 unspecified atom stereocenters. The van der Waals surface area contributed by atoms with Gasteiger partial charge in [0.15, 0.2) is 0 Å². The van der Waals surface area contributed by atoms with Crippen LogP contribution in [0, 0.1) is 12.7 Å². The van der Waals surface area contributed by atoms with Crippen molar-refractivity contribution < 1.29 is 9.18 Å².